The Labute approximate surface area is 204 Å². The number of benzene rings is 1. The molecule has 9 nitrogen and oxygen atoms in total. The molecule has 0 unspecified atom stereocenters. The third kappa shape index (κ3) is 9.58. The molecule has 11 heteroatoms. The summed E-state index contributed by atoms with van der Waals surface area (Å²) in [5, 5.41) is 4.78. The molecule has 3 amide bonds. The molecule has 35 heavy (non-hydrogen) atoms. The van der Waals surface area contributed by atoms with Gasteiger partial charge in [-0.05, 0) is 66.2 Å². The molecule has 1 aliphatic rings. The molecule has 1 aliphatic heterocycles. The lowest BCUT2D eigenvalue weighted by molar-refractivity contribution is -0.122. The van der Waals surface area contributed by atoms with Gasteiger partial charge in [0.1, 0.15) is 17.0 Å². The molecule has 0 spiro atoms. The second-order valence-electron chi connectivity index (χ2n) is 10.4. The average molecular weight is 500 g/mol. The molecule has 0 saturated carbocycles. The van der Waals surface area contributed by atoms with E-state index < -0.39 is 48.4 Å². The van der Waals surface area contributed by atoms with Crippen LogP contribution in [-0.4, -0.2) is 59.3 Å². The van der Waals surface area contributed by atoms with Crippen molar-refractivity contribution in [3.63, 3.8) is 0 Å². The Balaban J connectivity index is 2.09. The normalized spacial score (nSPS) is 15.9. The first-order chi connectivity index (χ1) is 15.9. The van der Waals surface area contributed by atoms with Crippen molar-refractivity contribution in [1.82, 2.24) is 10.2 Å². The zero-order valence-electron chi connectivity index (χ0n) is 21.3. The van der Waals surface area contributed by atoms with Crippen molar-refractivity contribution in [2.45, 2.75) is 84.7 Å². The summed E-state index contributed by atoms with van der Waals surface area (Å²) >= 11 is 0. The number of carbonyl (C=O) groups excluding carboxylic acids is 3. The maximum absolute atomic E-state index is 14.5. The summed E-state index contributed by atoms with van der Waals surface area (Å²) in [6.45, 7) is 10.2. The van der Waals surface area contributed by atoms with Crippen molar-refractivity contribution in [2.24, 2.45) is 0 Å². The number of anilines is 1. The quantitative estimate of drug-likeness (QED) is 0.564. The zero-order chi connectivity index (χ0) is 26.6. The van der Waals surface area contributed by atoms with E-state index in [0.717, 1.165) is 4.90 Å². The smallest absolute Gasteiger partial charge is 0.410 e. The van der Waals surface area contributed by atoms with Gasteiger partial charge >= 0.3 is 12.2 Å². The van der Waals surface area contributed by atoms with Crippen LogP contribution in [0.15, 0.2) is 18.2 Å². The van der Waals surface area contributed by atoms with E-state index in [1.807, 2.05) is 0 Å². The number of alkyl halides is 2. The van der Waals surface area contributed by atoms with Gasteiger partial charge in [-0.1, -0.05) is 6.07 Å². The van der Waals surface area contributed by atoms with Crippen LogP contribution in [0.5, 0.6) is 5.75 Å². The maximum Gasteiger partial charge on any atom is 0.410 e. The maximum atomic E-state index is 14.5. The molecule has 0 aliphatic carbocycles. The summed E-state index contributed by atoms with van der Waals surface area (Å²) in [4.78, 5) is 37.5. The summed E-state index contributed by atoms with van der Waals surface area (Å²) < 4.78 is 44.9. The molecule has 1 aromatic rings. The van der Waals surface area contributed by atoms with Crippen LogP contribution in [0.1, 0.15) is 60.5 Å². The first-order valence-electron chi connectivity index (χ1n) is 11.4. The van der Waals surface area contributed by atoms with E-state index in [1.54, 1.807) is 66.7 Å². The van der Waals surface area contributed by atoms with Gasteiger partial charge < -0.3 is 29.7 Å². The first kappa shape index (κ1) is 28.1. The van der Waals surface area contributed by atoms with Gasteiger partial charge in [-0.2, -0.15) is 0 Å². The fraction of sp³-hybridized carbons (Fsp3) is 0.625. The number of alkyl carbamates (subject to hydrolysis) is 1. The SMILES string of the molecule is C[C@H]1Oc2ccc(CN(CCC(F)(F)CNC(=O)OC(C)(C)C)C(=O)OC(C)(C)C)cc2NC1=O. The minimum atomic E-state index is -3.30. The summed E-state index contributed by atoms with van der Waals surface area (Å²) in [6.07, 6.45) is -3.07. The minimum Gasteiger partial charge on any atom is -0.479 e. The Bertz CT molecular complexity index is 940. The number of halogens is 2. The number of carbonyl (C=O) groups is 3. The highest BCUT2D eigenvalue weighted by atomic mass is 19.3. The van der Waals surface area contributed by atoms with Gasteiger partial charge in [0.15, 0.2) is 6.10 Å². The van der Waals surface area contributed by atoms with E-state index in [2.05, 4.69) is 10.6 Å². The van der Waals surface area contributed by atoms with Gasteiger partial charge in [0.05, 0.1) is 12.2 Å². The van der Waals surface area contributed by atoms with E-state index in [1.165, 1.54) is 0 Å². The molecule has 2 rings (SSSR count). The minimum absolute atomic E-state index is 0.0385. The lowest BCUT2D eigenvalue weighted by Gasteiger charge is -2.29. The van der Waals surface area contributed by atoms with Gasteiger partial charge in [-0.15, -0.1) is 0 Å². The Kier molecular flexibility index (Phi) is 8.56. The summed E-state index contributed by atoms with van der Waals surface area (Å²) in [5.74, 6) is -3.13. The number of fused-ring (bicyclic) bond motifs is 1. The van der Waals surface area contributed by atoms with Crippen LogP contribution in [-0.2, 0) is 20.8 Å². The van der Waals surface area contributed by atoms with E-state index in [4.69, 9.17) is 14.2 Å². The number of amides is 3. The molecule has 196 valence electrons. The second kappa shape index (κ2) is 10.7. The third-order valence-corrected chi connectivity index (χ3v) is 4.64. The molecule has 0 fully saturated rings. The molecular formula is C24H35F2N3O6. The van der Waals surface area contributed by atoms with E-state index >= 15 is 0 Å². The Hall–Kier alpha value is -3.11. The number of ether oxygens (including phenoxy) is 3. The predicted molar refractivity (Wildman–Crippen MR) is 126 cm³/mol. The Morgan fingerprint density at radius 3 is 2.34 bits per heavy atom. The Morgan fingerprint density at radius 1 is 1.11 bits per heavy atom. The fourth-order valence-electron chi connectivity index (χ4n) is 3.04. The first-order valence-corrected chi connectivity index (χ1v) is 11.4. The molecule has 0 saturated heterocycles. The van der Waals surface area contributed by atoms with Crippen molar-refractivity contribution in [3.8, 4) is 5.75 Å². The van der Waals surface area contributed by atoms with E-state index in [-0.39, 0.29) is 19.0 Å². The number of nitrogens with one attached hydrogen (secondary N) is 2. The van der Waals surface area contributed by atoms with Gasteiger partial charge in [0, 0.05) is 19.5 Å². The zero-order valence-corrected chi connectivity index (χ0v) is 21.3. The summed E-state index contributed by atoms with van der Waals surface area (Å²) in [6, 6.07) is 4.95. The van der Waals surface area contributed by atoms with E-state index in [0.29, 0.717) is 17.0 Å². The highest BCUT2D eigenvalue weighted by molar-refractivity contribution is 5.97. The van der Waals surface area contributed by atoms with Gasteiger partial charge in [0.2, 0.25) is 0 Å². The summed E-state index contributed by atoms with van der Waals surface area (Å²) in [5.41, 5.74) is -0.626. The van der Waals surface area contributed by atoms with Crippen LogP contribution in [0, 0.1) is 0 Å². The van der Waals surface area contributed by atoms with Gasteiger partial charge in [-0.3, -0.25) is 4.79 Å². The molecule has 1 aromatic carbocycles. The lowest BCUT2D eigenvalue weighted by Crippen LogP contribution is -2.43. The molecule has 1 atom stereocenters. The van der Waals surface area contributed by atoms with Crippen molar-refractivity contribution in [3.05, 3.63) is 23.8 Å². The molecule has 0 radical (unpaired) electrons. The highest BCUT2D eigenvalue weighted by Crippen LogP contribution is 2.31. The summed E-state index contributed by atoms with van der Waals surface area (Å²) in [7, 11) is 0. The van der Waals surface area contributed by atoms with Crippen LogP contribution >= 0.6 is 0 Å². The average Bonchev–Trinajstić information content (AvgIpc) is 2.68. The van der Waals surface area contributed by atoms with Gasteiger partial charge in [0.25, 0.3) is 11.8 Å². The number of hydrogen-bond acceptors (Lipinski definition) is 6. The lowest BCUT2D eigenvalue weighted by atomic mass is 10.1. The number of nitrogens with zero attached hydrogens (tertiary/aromatic N) is 1. The number of rotatable bonds is 7. The van der Waals surface area contributed by atoms with Crippen molar-refractivity contribution in [1.29, 1.82) is 0 Å². The van der Waals surface area contributed by atoms with Crippen LogP contribution in [0.4, 0.5) is 24.1 Å². The molecule has 1 heterocycles. The monoisotopic (exact) mass is 499 g/mol. The van der Waals surface area contributed by atoms with Crippen LogP contribution in [0.2, 0.25) is 0 Å². The van der Waals surface area contributed by atoms with Crippen molar-refractivity contribution >= 4 is 23.8 Å². The molecule has 0 aromatic heterocycles. The van der Waals surface area contributed by atoms with Gasteiger partial charge in [-0.25, -0.2) is 18.4 Å². The second-order valence-corrected chi connectivity index (χ2v) is 10.4. The largest absolute Gasteiger partial charge is 0.479 e. The highest BCUT2D eigenvalue weighted by Gasteiger charge is 2.33. The van der Waals surface area contributed by atoms with Crippen molar-refractivity contribution < 1.29 is 37.4 Å². The predicted octanol–water partition coefficient (Wildman–Crippen LogP) is 4.69. The Morgan fingerprint density at radius 2 is 1.74 bits per heavy atom. The molecule has 2 N–H and O–H groups in total. The fourth-order valence-corrected chi connectivity index (χ4v) is 3.04. The number of hydrogen-bond donors (Lipinski definition) is 2. The third-order valence-electron chi connectivity index (χ3n) is 4.64. The topological polar surface area (TPSA) is 106 Å². The van der Waals surface area contributed by atoms with Crippen LogP contribution in [0.3, 0.4) is 0 Å². The van der Waals surface area contributed by atoms with E-state index in [9.17, 15) is 23.2 Å². The van der Waals surface area contributed by atoms with Crippen LogP contribution in [0.25, 0.3) is 0 Å². The van der Waals surface area contributed by atoms with Crippen molar-refractivity contribution in [2.75, 3.05) is 18.4 Å². The molecule has 0 bridgehead atoms. The van der Waals surface area contributed by atoms with Crippen LogP contribution < -0.4 is 15.4 Å². The molecular weight excluding hydrogens is 464 g/mol. The standard InChI is InChI=1S/C24H35F2N3O6/c1-15-19(30)28-17-12-16(8-9-18(17)33-15)13-29(21(32)35-23(5,6)7)11-10-24(25,26)14-27-20(31)34-22(2,3)4/h8-9,12,15H,10-11,13-14H2,1-7H3,(H,27,31)(H,28,30)/t15-/m1/s1.